The predicted octanol–water partition coefficient (Wildman–Crippen LogP) is 2.56. The number of halogens is 1. The fourth-order valence-corrected chi connectivity index (χ4v) is 4.02. The molecular weight excluding hydrogens is 383 g/mol. The number of carbonyl (C=O) groups is 1. The number of amides is 2. The maximum absolute atomic E-state index is 13.1. The van der Waals surface area contributed by atoms with Crippen LogP contribution in [0.3, 0.4) is 0 Å². The normalized spacial score (nSPS) is 20.2. The zero-order valence-electron chi connectivity index (χ0n) is 17.2. The molecular formula is C23H29FN4O2. The summed E-state index contributed by atoms with van der Waals surface area (Å²) in [6.45, 7) is 6.60. The van der Waals surface area contributed by atoms with Crippen LogP contribution >= 0.6 is 0 Å². The van der Waals surface area contributed by atoms with Crippen LogP contribution in [0.5, 0.6) is 0 Å². The Kier molecular flexibility index (Phi) is 6.81. The first-order valence-corrected chi connectivity index (χ1v) is 10.6. The molecule has 0 aromatic heterocycles. The van der Waals surface area contributed by atoms with Crippen molar-refractivity contribution in [2.24, 2.45) is 0 Å². The second kappa shape index (κ2) is 9.91. The third kappa shape index (κ3) is 5.49. The van der Waals surface area contributed by atoms with Gasteiger partial charge in [-0.3, -0.25) is 4.90 Å². The standard InChI is InChI=1S/C23H29FN4O2/c24-20-6-8-21(9-7-20)27-10-12-28(13-11-27)23(29)25-16-22-18-26(14-15-30-22)17-19-4-2-1-3-5-19/h1-9,22H,10-18H2,(H,25,29). The minimum Gasteiger partial charge on any atom is -0.374 e. The first-order valence-electron chi connectivity index (χ1n) is 10.6. The molecule has 2 aliphatic rings. The molecule has 2 saturated heterocycles. The maximum Gasteiger partial charge on any atom is 0.317 e. The monoisotopic (exact) mass is 412 g/mol. The van der Waals surface area contributed by atoms with Gasteiger partial charge in [0.15, 0.2) is 0 Å². The van der Waals surface area contributed by atoms with E-state index in [9.17, 15) is 9.18 Å². The molecule has 2 fully saturated rings. The third-order valence-electron chi connectivity index (χ3n) is 5.71. The summed E-state index contributed by atoms with van der Waals surface area (Å²) in [5.41, 5.74) is 2.28. The Bertz CT molecular complexity index is 810. The molecule has 6 nitrogen and oxygen atoms in total. The van der Waals surface area contributed by atoms with Crippen LogP contribution in [0.15, 0.2) is 54.6 Å². The van der Waals surface area contributed by atoms with E-state index in [-0.39, 0.29) is 18.0 Å². The lowest BCUT2D eigenvalue weighted by molar-refractivity contribution is -0.0291. The number of benzene rings is 2. The Morgan fingerprint density at radius 3 is 2.47 bits per heavy atom. The summed E-state index contributed by atoms with van der Waals surface area (Å²) in [5.74, 6) is -0.232. The van der Waals surface area contributed by atoms with Gasteiger partial charge in [0.2, 0.25) is 0 Å². The lowest BCUT2D eigenvalue weighted by Crippen LogP contribution is -2.54. The molecule has 30 heavy (non-hydrogen) atoms. The number of urea groups is 1. The average molecular weight is 413 g/mol. The number of nitrogens with one attached hydrogen (secondary N) is 1. The van der Waals surface area contributed by atoms with Gasteiger partial charge < -0.3 is 19.9 Å². The van der Waals surface area contributed by atoms with E-state index in [1.807, 2.05) is 11.0 Å². The molecule has 1 unspecified atom stereocenters. The lowest BCUT2D eigenvalue weighted by Gasteiger charge is -2.37. The van der Waals surface area contributed by atoms with Crippen LogP contribution < -0.4 is 10.2 Å². The Hall–Kier alpha value is -2.64. The number of morpholine rings is 1. The molecule has 2 aliphatic heterocycles. The maximum atomic E-state index is 13.1. The van der Waals surface area contributed by atoms with Crippen molar-refractivity contribution in [3.05, 3.63) is 66.0 Å². The highest BCUT2D eigenvalue weighted by molar-refractivity contribution is 5.74. The molecule has 0 radical (unpaired) electrons. The van der Waals surface area contributed by atoms with Gasteiger partial charge in [-0.2, -0.15) is 0 Å². The Morgan fingerprint density at radius 2 is 1.73 bits per heavy atom. The van der Waals surface area contributed by atoms with Gasteiger partial charge >= 0.3 is 6.03 Å². The minimum atomic E-state index is -0.232. The summed E-state index contributed by atoms with van der Waals surface area (Å²) in [6, 6.07) is 16.9. The molecule has 2 aromatic rings. The van der Waals surface area contributed by atoms with E-state index in [2.05, 4.69) is 39.4 Å². The van der Waals surface area contributed by atoms with Gasteiger partial charge in [0, 0.05) is 58.0 Å². The van der Waals surface area contributed by atoms with E-state index >= 15 is 0 Å². The van der Waals surface area contributed by atoms with Crippen molar-refractivity contribution in [3.8, 4) is 0 Å². The Labute approximate surface area is 177 Å². The van der Waals surface area contributed by atoms with Crippen LogP contribution in [0.2, 0.25) is 0 Å². The van der Waals surface area contributed by atoms with Crippen molar-refractivity contribution in [1.82, 2.24) is 15.1 Å². The molecule has 1 N–H and O–H groups in total. The number of carbonyl (C=O) groups excluding carboxylic acids is 1. The first-order chi connectivity index (χ1) is 14.7. The van der Waals surface area contributed by atoms with Gasteiger partial charge in [-0.1, -0.05) is 30.3 Å². The molecule has 1 atom stereocenters. The van der Waals surface area contributed by atoms with Crippen LogP contribution in [-0.4, -0.2) is 74.4 Å². The smallest absolute Gasteiger partial charge is 0.317 e. The van der Waals surface area contributed by atoms with E-state index < -0.39 is 0 Å². The summed E-state index contributed by atoms with van der Waals surface area (Å²) in [5, 5.41) is 3.04. The van der Waals surface area contributed by atoms with Gasteiger partial charge in [-0.15, -0.1) is 0 Å². The van der Waals surface area contributed by atoms with Gasteiger partial charge in [0.05, 0.1) is 12.7 Å². The molecule has 0 spiro atoms. The molecule has 2 aromatic carbocycles. The van der Waals surface area contributed by atoms with Gasteiger partial charge in [0.1, 0.15) is 5.82 Å². The quantitative estimate of drug-likeness (QED) is 0.820. The van der Waals surface area contributed by atoms with Crippen molar-refractivity contribution < 1.29 is 13.9 Å². The van der Waals surface area contributed by atoms with Crippen molar-refractivity contribution in [2.75, 3.05) is 57.3 Å². The zero-order valence-corrected chi connectivity index (χ0v) is 17.2. The number of ether oxygens (including phenoxy) is 1. The zero-order chi connectivity index (χ0) is 20.8. The number of anilines is 1. The van der Waals surface area contributed by atoms with Crippen molar-refractivity contribution >= 4 is 11.7 Å². The summed E-state index contributed by atoms with van der Waals surface area (Å²) >= 11 is 0. The van der Waals surface area contributed by atoms with Gasteiger partial charge in [-0.05, 0) is 29.8 Å². The Balaban J connectivity index is 1.19. The van der Waals surface area contributed by atoms with Crippen LogP contribution in [-0.2, 0) is 11.3 Å². The Morgan fingerprint density at radius 1 is 1.00 bits per heavy atom. The van der Waals surface area contributed by atoms with Crippen LogP contribution in [0.1, 0.15) is 5.56 Å². The summed E-state index contributed by atoms with van der Waals surface area (Å²) in [4.78, 5) is 19.0. The summed E-state index contributed by atoms with van der Waals surface area (Å²) < 4.78 is 19.0. The molecule has 0 bridgehead atoms. The minimum absolute atomic E-state index is 0.00640. The van der Waals surface area contributed by atoms with E-state index in [0.717, 1.165) is 38.4 Å². The predicted molar refractivity (Wildman–Crippen MR) is 115 cm³/mol. The number of hydrogen-bond acceptors (Lipinski definition) is 4. The van der Waals surface area contributed by atoms with E-state index in [0.29, 0.717) is 26.2 Å². The fourth-order valence-electron chi connectivity index (χ4n) is 4.02. The highest BCUT2D eigenvalue weighted by Gasteiger charge is 2.24. The highest BCUT2D eigenvalue weighted by atomic mass is 19.1. The number of hydrogen-bond donors (Lipinski definition) is 1. The van der Waals surface area contributed by atoms with Crippen molar-refractivity contribution in [3.63, 3.8) is 0 Å². The summed E-state index contributed by atoms with van der Waals surface area (Å²) in [7, 11) is 0. The van der Waals surface area contributed by atoms with Crippen LogP contribution in [0.4, 0.5) is 14.9 Å². The average Bonchev–Trinajstić information content (AvgIpc) is 2.79. The fraction of sp³-hybridized carbons (Fsp3) is 0.435. The molecule has 0 aliphatic carbocycles. The SMILES string of the molecule is O=C(NCC1CN(Cc2ccccc2)CCO1)N1CCN(c2ccc(F)cc2)CC1. The van der Waals surface area contributed by atoms with E-state index in [1.54, 1.807) is 12.1 Å². The number of rotatable bonds is 5. The molecule has 7 heteroatoms. The van der Waals surface area contributed by atoms with E-state index in [4.69, 9.17) is 4.74 Å². The molecule has 160 valence electrons. The number of nitrogens with zero attached hydrogens (tertiary/aromatic N) is 3. The second-order valence-corrected chi connectivity index (χ2v) is 7.85. The largest absolute Gasteiger partial charge is 0.374 e. The molecule has 2 heterocycles. The number of piperazine rings is 1. The molecule has 0 saturated carbocycles. The van der Waals surface area contributed by atoms with Crippen molar-refractivity contribution in [1.29, 1.82) is 0 Å². The van der Waals surface area contributed by atoms with E-state index in [1.165, 1.54) is 17.7 Å². The van der Waals surface area contributed by atoms with Crippen LogP contribution in [0.25, 0.3) is 0 Å². The second-order valence-electron chi connectivity index (χ2n) is 7.85. The highest BCUT2D eigenvalue weighted by Crippen LogP contribution is 2.17. The summed E-state index contributed by atoms with van der Waals surface area (Å²) in [6.07, 6.45) is 0.00640. The molecule has 4 rings (SSSR count). The lowest BCUT2D eigenvalue weighted by atomic mass is 10.2. The van der Waals surface area contributed by atoms with Crippen molar-refractivity contribution in [2.45, 2.75) is 12.6 Å². The topological polar surface area (TPSA) is 48.1 Å². The first kappa shape index (κ1) is 20.6. The van der Waals surface area contributed by atoms with Gasteiger partial charge in [-0.25, -0.2) is 9.18 Å². The van der Waals surface area contributed by atoms with Gasteiger partial charge in [0.25, 0.3) is 0 Å². The van der Waals surface area contributed by atoms with Crippen LogP contribution in [0, 0.1) is 5.82 Å². The third-order valence-corrected chi connectivity index (χ3v) is 5.71. The molecule has 2 amide bonds.